The highest BCUT2D eigenvalue weighted by atomic mass is 19.4. The number of aromatic nitrogens is 2. The highest BCUT2D eigenvalue weighted by molar-refractivity contribution is 5.98. The van der Waals surface area contributed by atoms with E-state index in [9.17, 15) is 13.2 Å². The first-order chi connectivity index (χ1) is 17.4. The summed E-state index contributed by atoms with van der Waals surface area (Å²) in [5.74, 6) is 1.13. The van der Waals surface area contributed by atoms with Gasteiger partial charge in [0.15, 0.2) is 0 Å². The van der Waals surface area contributed by atoms with Gasteiger partial charge in [-0.2, -0.15) is 13.2 Å². The number of anilines is 2. The Labute approximate surface area is 206 Å². The lowest BCUT2D eigenvalue weighted by atomic mass is 10.0. The second-order valence-electron chi connectivity index (χ2n) is 8.50. The van der Waals surface area contributed by atoms with Crippen LogP contribution in [0.25, 0.3) is 22.0 Å². The minimum absolute atomic E-state index is 0.171. The fourth-order valence-electron chi connectivity index (χ4n) is 4.30. The van der Waals surface area contributed by atoms with Gasteiger partial charge >= 0.3 is 6.18 Å². The quantitative estimate of drug-likeness (QED) is 0.367. The van der Waals surface area contributed by atoms with Gasteiger partial charge in [-0.05, 0) is 53.4 Å². The highest BCUT2D eigenvalue weighted by Crippen LogP contribution is 2.35. The van der Waals surface area contributed by atoms with Crippen LogP contribution in [0.5, 0.6) is 5.75 Å². The third kappa shape index (κ3) is 5.21. The summed E-state index contributed by atoms with van der Waals surface area (Å²) in [6, 6.07) is 17.2. The number of alkyl halides is 3. The van der Waals surface area contributed by atoms with Gasteiger partial charge in [-0.25, -0.2) is 9.97 Å². The lowest BCUT2D eigenvalue weighted by molar-refractivity contribution is -0.137. The van der Waals surface area contributed by atoms with Gasteiger partial charge in [0.2, 0.25) is 5.95 Å². The molecule has 0 spiro atoms. The molecule has 0 saturated carbocycles. The van der Waals surface area contributed by atoms with Crippen molar-refractivity contribution in [1.82, 2.24) is 9.97 Å². The first-order valence-electron chi connectivity index (χ1n) is 11.6. The van der Waals surface area contributed by atoms with Crippen molar-refractivity contribution >= 4 is 22.4 Å². The molecule has 1 saturated heterocycles. The van der Waals surface area contributed by atoms with Gasteiger partial charge in [0.25, 0.3) is 0 Å². The van der Waals surface area contributed by atoms with E-state index >= 15 is 0 Å². The van der Waals surface area contributed by atoms with Crippen LogP contribution in [0.15, 0.2) is 66.9 Å². The molecule has 1 aliphatic heterocycles. The van der Waals surface area contributed by atoms with Crippen molar-refractivity contribution in [2.24, 2.45) is 0 Å². The third-order valence-corrected chi connectivity index (χ3v) is 6.15. The molecule has 6 nitrogen and oxygen atoms in total. The summed E-state index contributed by atoms with van der Waals surface area (Å²) in [6.07, 6.45) is -2.74. The molecule has 1 aliphatic rings. The molecular weight excluding hydrogens is 469 g/mol. The number of methoxy groups -OCH3 is 1. The molecule has 0 unspecified atom stereocenters. The maximum Gasteiger partial charge on any atom is 0.416 e. The van der Waals surface area contributed by atoms with E-state index in [-0.39, 0.29) is 6.54 Å². The van der Waals surface area contributed by atoms with Crippen molar-refractivity contribution in [2.75, 3.05) is 43.6 Å². The minimum Gasteiger partial charge on any atom is -0.497 e. The Kier molecular flexibility index (Phi) is 6.65. The van der Waals surface area contributed by atoms with Crippen LogP contribution < -0.4 is 15.0 Å². The van der Waals surface area contributed by atoms with Crippen molar-refractivity contribution in [3.05, 3.63) is 78.0 Å². The van der Waals surface area contributed by atoms with Gasteiger partial charge in [0.1, 0.15) is 5.75 Å². The standard InChI is InChI=1S/C27H25F3N4O2/c1-35-22-6-5-19-14-20(15-25(23(19)16-22)34-9-11-36-12-10-34)24-7-8-31-26(33-24)32-17-18-3-2-4-21(13-18)27(28,29)30/h2-8,13-16H,9-12,17H2,1H3,(H,31,32,33). The van der Waals surface area contributed by atoms with E-state index in [0.717, 1.165) is 53.0 Å². The number of hydrogen-bond donors (Lipinski definition) is 1. The predicted molar refractivity (Wildman–Crippen MR) is 133 cm³/mol. The Balaban J connectivity index is 1.45. The topological polar surface area (TPSA) is 59.5 Å². The number of ether oxygens (including phenoxy) is 2. The van der Waals surface area contributed by atoms with E-state index in [1.807, 2.05) is 24.3 Å². The first kappa shape index (κ1) is 23.9. The first-order valence-corrected chi connectivity index (χ1v) is 11.6. The zero-order valence-corrected chi connectivity index (χ0v) is 19.7. The van der Waals surface area contributed by atoms with Gasteiger partial charge in [-0.1, -0.05) is 18.2 Å². The molecule has 1 N–H and O–H groups in total. The fraction of sp³-hybridized carbons (Fsp3) is 0.259. The van der Waals surface area contributed by atoms with Crippen molar-refractivity contribution in [3.8, 4) is 17.0 Å². The Bertz CT molecular complexity index is 1370. The van der Waals surface area contributed by atoms with Crippen LogP contribution in [0.1, 0.15) is 11.1 Å². The molecule has 0 radical (unpaired) electrons. The molecule has 4 aromatic rings. The molecule has 5 rings (SSSR count). The van der Waals surface area contributed by atoms with E-state index in [0.29, 0.717) is 30.4 Å². The lowest BCUT2D eigenvalue weighted by Gasteiger charge is -2.30. The number of hydrogen-bond acceptors (Lipinski definition) is 6. The molecule has 1 aromatic heterocycles. The molecule has 186 valence electrons. The summed E-state index contributed by atoms with van der Waals surface area (Å²) in [5.41, 5.74) is 2.51. The maximum atomic E-state index is 13.0. The van der Waals surface area contributed by atoms with Gasteiger partial charge in [0, 0.05) is 42.5 Å². The van der Waals surface area contributed by atoms with E-state index in [4.69, 9.17) is 9.47 Å². The van der Waals surface area contributed by atoms with Crippen LogP contribution in [0.2, 0.25) is 0 Å². The number of halogens is 3. The molecule has 2 heterocycles. The minimum atomic E-state index is -4.38. The summed E-state index contributed by atoms with van der Waals surface area (Å²) < 4.78 is 50.1. The van der Waals surface area contributed by atoms with Crippen molar-refractivity contribution < 1.29 is 22.6 Å². The van der Waals surface area contributed by atoms with Crippen molar-refractivity contribution in [1.29, 1.82) is 0 Å². The van der Waals surface area contributed by atoms with E-state index in [1.165, 1.54) is 6.07 Å². The van der Waals surface area contributed by atoms with Crippen LogP contribution in [-0.2, 0) is 17.5 Å². The molecule has 9 heteroatoms. The zero-order valence-electron chi connectivity index (χ0n) is 19.7. The Morgan fingerprint density at radius 1 is 1.03 bits per heavy atom. The fourth-order valence-corrected chi connectivity index (χ4v) is 4.30. The highest BCUT2D eigenvalue weighted by Gasteiger charge is 2.30. The normalized spacial score (nSPS) is 14.2. The summed E-state index contributed by atoms with van der Waals surface area (Å²) >= 11 is 0. The molecular formula is C27H25F3N4O2. The summed E-state index contributed by atoms with van der Waals surface area (Å²) in [6.45, 7) is 3.05. The summed E-state index contributed by atoms with van der Waals surface area (Å²) in [5, 5.41) is 5.18. The number of benzene rings is 3. The lowest BCUT2D eigenvalue weighted by Crippen LogP contribution is -2.36. The monoisotopic (exact) mass is 494 g/mol. The smallest absolute Gasteiger partial charge is 0.416 e. The number of fused-ring (bicyclic) bond motifs is 1. The van der Waals surface area contributed by atoms with Gasteiger partial charge < -0.3 is 19.7 Å². The van der Waals surface area contributed by atoms with Gasteiger partial charge in [-0.15, -0.1) is 0 Å². The van der Waals surface area contributed by atoms with Crippen molar-refractivity contribution in [3.63, 3.8) is 0 Å². The number of morpholine rings is 1. The van der Waals surface area contributed by atoms with Crippen LogP contribution >= 0.6 is 0 Å². The molecule has 0 bridgehead atoms. The predicted octanol–water partition coefficient (Wildman–Crippen LogP) is 5.77. The Hall–Kier alpha value is -3.85. The summed E-state index contributed by atoms with van der Waals surface area (Å²) in [7, 11) is 1.65. The molecule has 1 fully saturated rings. The molecule has 36 heavy (non-hydrogen) atoms. The summed E-state index contributed by atoms with van der Waals surface area (Å²) in [4.78, 5) is 11.2. The largest absolute Gasteiger partial charge is 0.497 e. The van der Waals surface area contributed by atoms with Gasteiger partial charge in [0.05, 0.1) is 31.6 Å². The number of nitrogens with one attached hydrogen (secondary N) is 1. The molecule has 0 atom stereocenters. The van der Waals surface area contributed by atoms with E-state index in [1.54, 1.807) is 19.4 Å². The van der Waals surface area contributed by atoms with Crippen molar-refractivity contribution in [2.45, 2.75) is 12.7 Å². The molecule has 0 aliphatic carbocycles. The van der Waals surface area contributed by atoms with E-state index < -0.39 is 11.7 Å². The second kappa shape index (κ2) is 10.0. The molecule has 3 aromatic carbocycles. The average Bonchev–Trinajstić information content (AvgIpc) is 2.91. The third-order valence-electron chi connectivity index (χ3n) is 6.15. The van der Waals surface area contributed by atoms with Crippen LogP contribution in [0, 0.1) is 0 Å². The van der Waals surface area contributed by atoms with Crippen LogP contribution in [0.3, 0.4) is 0 Å². The zero-order chi connectivity index (χ0) is 25.1. The Morgan fingerprint density at radius 3 is 2.64 bits per heavy atom. The molecule has 0 amide bonds. The average molecular weight is 495 g/mol. The van der Waals surface area contributed by atoms with Gasteiger partial charge in [-0.3, -0.25) is 0 Å². The Morgan fingerprint density at radius 2 is 1.86 bits per heavy atom. The SMILES string of the molecule is COc1ccc2cc(-c3ccnc(NCc4cccc(C(F)(F)F)c4)n3)cc(N3CCOCC3)c2c1. The van der Waals surface area contributed by atoms with Crippen LogP contribution in [-0.4, -0.2) is 43.4 Å². The van der Waals surface area contributed by atoms with Crippen LogP contribution in [0.4, 0.5) is 24.8 Å². The van der Waals surface area contributed by atoms with E-state index in [2.05, 4.69) is 32.3 Å². The number of rotatable bonds is 6. The second-order valence-corrected chi connectivity index (χ2v) is 8.50. The maximum absolute atomic E-state index is 13.0. The number of nitrogens with zero attached hydrogens (tertiary/aromatic N) is 3.